The van der Waals surface area contributed by atoms with Crippen molar-refractivity contribution in [3.63, 3.8) is 0 Å². The molecule has 0 radical (unpaired) electrons. The van der Waals surface area contributed by atoms with Gasteiger partial charge in [-0.1, -0.05) is 0 Å². The van der Waals surface area contributed by atoms with Crippen LogP contribution in [0, 0.1) is 0 Å². The third-order valence-electron chi connectivity index (χ3n) is 3.00. The average Bonchev–Trinajstić information content (AvgIpc) is 2.66. The van der Waals surface area contributed by atoms with Crippen molar-refractivity contribution in [1.29, 1.82) is 0 Å². The lowest BCUT2D eigenvalue weighted by atomic mass is 10.4. The second-order valence-corrected chi connectivity index (χ2v) is 4.57. The molecule has 1 aliphatic heterocycles. The smallest absolute Gasteiger partial charge is 0.280 e. The van der Waals surface area contributed by atoms with E-state index in [0.717, 1.165) is 17.6 Å². The molecular weight excluding hydrogens is 284 g/mol. The fourth-order valence-electron chi connectivity index (χ4n) is 2.15. The van der Waals surface area contributed by atoms with Crippen molar-refractivity contribution in [1.82, 2.24) is 9.97 Å². The second kappa shape index (κ2) is 6.07. The van der Waals surface area contributed by atoms with Crippen LogP contribution in [0.4, 0.5) is 5.82 Å². The van der Waals surface area contributed by atoms with Crippen molar-refractivity contribution < 1.29 is 26.3 Å². The molecule has 0 aromatic carbocycles. The van der Waals surface area contributed by atoms with Gasteiger partial charge in [0.25, 0.3) is 5.91 Å². The van der Waals surface area contributed by atoms with E-state index in [1.54, 1.807) is 18.6 Å². The highest BCUT2D eigenvalue weighted by molar-refractivity contribution is 5.90. The van der Waals surface area contributed by atoms with E-state index in [1.165, 1.54) is 12.8 Å². The molecule has 1 aromatic rings. The second-order valence-electron chi connectivity index (χ2n) is 4.57. The number of carbonyl (C=O) groups is 1. The van der Waals surface area contributed by atoms with E-state index in [0.29, 0.717) is 12.4 Å². The summed E-state index contributed by atoms with van der Waals surface area (Å²) < 4.78 is 0.839. The molecule has 0 saturated carbocycles. The minimum atomic E-state index is 0. The van der Waals surface area contributed by atoms with Gasteiger partial charge in [-0.3, -0.25) is 9.78 Å². The minimum Gasteiger partial charge on any atom is -1.00 e. The lowest BCUT2D eigenvalue weighted by Crippen LogP contribution is -3.00. The third kappa shape index (κ3) is 4.05. The molecule has 1 N–H and O–H groups in total. The average molecular weight is 301 g/mol. The highest BCUT2D eigenvalue weighted by atomic mass is 79.9. The Morgan fingerprint density at radius 2 is 2.12 bits per heavy atom. The normalized spacial score (nSPS) is 17.2. The first-order chi connectivity index (χ1) is 7.68. The number of hydrogen-bond acceptors (Lipinski definition) is 3. The van der Waals surface area contributed by atoms with Crippen molar-refractivity contribution in [2.24, 2.45) is 0 Å². The van der Waals surface area contributed by atoms with Crippen LogP contribution in [0.2, 0.25) is 0 Å². The zero-order valence-corrected chi connectivity index (χ0v) is 11.5. The van der Waals surface area contributed by atoms with E-state index in [9.17, 15) is 4.79 Å². The Labute approximate surface area is 112 Å². The van der Waals surface area contributed by atoms with Gasteiger partial charge in [-0.2, -0.15) is 0 Å². The van der Waals surface area contributed by atoms with E-state index in [1.807, 2.05) is 0 Å². The minimum absolute atomic E-state index is 0. The number of carbonyl (C=O) groups excluding carboxylic acids is 1. The SMILES string of the molecule is C[N+]1(CC(=O)Nc2cnccn2)CCCC1.[Br-]. The van der Waals surface area contributed by atoms with Gasteiger partial charge in [0, 0.05) is 25.2 Å². The first kappa shape index (κ1) is 14.1. The van der Waals surface area contributed by atoms with Crippen LogP contribution in [0.3, 0.4) is 0 Å². The molecule has 17 heavy (non-hydrogen) atoms. The van der Waals surface area contributed by atoms with Crippen LogP contribution >= 0.6 is 0 Å². The number of aromatic nitrogens is 2. The largest absolute Gasteiger partial charge is 1.00 e. The third-order valence-corrected chi connectivity index (χ3v) is 3.00. The zero-order valence-electron chi connectivity index (χ0n) is 9.90. The Bertz CT molecular complexity index is 365. The highest BCUT2D eigenvalue weighted by Gasteiger charge is 2.29. The summed E-state index contributed by atoms with van der Waals surface area (Å²) in [4.78, 5) is 19.7. The van der Waals surface area contributed by atoms with Gasteiger partial charge in [0.15, 0.2) is 12.4 Å². The van der Waals surface area contributed by atoms with Crippen LogP contribution in [0.15, 0.2) is 18.6 Å². The number of rotatable bonds is 3. The Morgan fingerprint density at radius 3 is 2.71 bits per heavy atom. The molecular formula is C11H17BrN4O. The summed E-state index contributed by atoms with van der Waals surface area (Å²) in [5.41, 5.74) is 0. The molecule has 94 valence electrons. The Kier molecular flexibility index (Phi) is 5.02. The molecule has 0 spiro atoms. The predicted molar refractivity (Wildman–Crippen MR) is 60.7 cm³/mol. The van der Waals surface area contributed by atoms with Gasteiger partial charge >= 0.3 is 0 Å². The van der Waals surface area contributed by atoms with Gasteiger partial charge in [-0.25, -0.2) is 4.98 Å². The number of anilines is 1. The maximum Gasteiger partial charge on any atom is 0.280 e. The van der Waals surface area contributed by atoms with Crippen LogP contribution in [-0.4, -0.2) is 47.0 Å². The van der Waals surface area contributed by atoms with Gasteiger partial charge in [0.05, 0.1) is 26.3 Å². The molecule has 1 fully saturated rings. The van der Waals surface area contributed by atoms with E-state index in [-0.39, 0.29) is 22.9 Å². The maximum atomic E-state index is 11.8. The van der Waals surface area contributed by atoms with Crippen LogP contribution in [0.25, 0.3) is 0 Å². The van der Waals surface area contributed by atoms with E-state index < -0.39 is 0 Å². The Hall–Kier alpha value is -1.01. The van der Waals surface area contributed by atoms with E-state index in [2.05, 4.69) is 22.3 Å². The molecule has 1 amide bonds. The molecule has 0 bridgehead atoms. The zero-order chi connectivity index (χ0) is 11.4. The lowest BCUT2D eigenvalue weighted by molar-refractivity contribution is -0.889. The van der Waals surface area contributed by atoms with Crippen LogP contribution in [0.1, 0.15) is 12.8 Å². The van der Waals surface area contributed by atoms with Crippen molar-refractivity contribution >= 4 is 11.7 Å². The molecule has 2 heterocycles. The fraction of sp³-hybridized carbons (Fsp3) is 0.545. The maximum absolute atomic E-state index is 11.8. The molecule has 0 aliphatic carbocycles. The highest BCUT2D eigenvalue weighted by Crippen LogP contribution is 2.15. The number of likely N-dealkylation sites (N-methyl/N-ethyl adjacent to an activating group) is 1. The Balaban J connectivity index is 0.00000144. The van der Waals surface area contributed by atoms with E-state index >= 15 is 0 Å². The molecule has 1 aliphatic rings. The van der Waals surface area contributed by atoms with Crippen molar-refractivity contribution in [2.45, 2.75) is 12.8 Å². The summed E-state index contributed by atoms with van der Waals surface area (Å²) in [6.45, 7) is 2.71. The van der Waals surface area contributed by atoms with Gasteiger partial charge in [0.2, 0.25) is 0 Å². The number of quaternary nitrogens is 1. The summed E-state index contributed by atoms with van der Waals surface area (Å²) in [5.74, 6) is 0.545. The predicted octanol–water partition coefficient (Wildman–Crippen LogP) is -2.34. The summed E-state index contributed by atoms with van der Waals surface area (Å²) in [6, 6.07) is 0. The standard InChI is InChI=1S/C11H16N4O.BrH/c1-15(6-2-3-7-15)9-11(16)14-10-8-12-4-5-13-10;/h4-5,8H,2-3,6-7,9H2,1H3;1H. The lowest BCUT2D eigenvalue weighted by Gasteiger charge is -2.27. The first-order valence-corrected chi connectivity index (χ1v) is 5.57. The summed E-state index contributed by atoms with van der Waals surface area (Å²) in [6.07, 6.45) is 7.15. The summed E-state index contributed by atoms with van der Waals surface area (Å²) >= 11 is 0. The fourth-order valence-corrected chi connectivity index (χ4v) is 2.15. The van der Waals surface area contributed by atoms with E-state index in [4.69, 9.17) is 0 Å². The quantitative estimate of drug-likeness (QED) is 0.637. The molecule has 5 nitrogen and oxygen atoms in total. The molecule has 6 heteroatoms. The molecule has 0 unspecified atom stereocenters. The van der Waals surface area contributed by atoms with Gasteiger partial charge in [0.1, 0.15) is 0 Å². The van der Waals surface area contributed by atoms with Crippen LogP contribution in [0.5, 0.6) is 0 Å². The van der Waals surface area contributed by atoms with Crippen molar-refractivity contribution in [2.75, 3.05) is 32.0 Å². The van der Waals surface area contributed by atoms with Crippen LogP contribution in [-0.2, 0) is 4.79 Å². The number of amides is 1. The number of nitrogens with zero attached hydrogens (tertiary/aromatic N) is 3. The van der Waals surface area contributed by atoms with Gasteiger partial charge < -0.3 is 26.8 Å². The van der Waals surface area contributed by atoms with Gasteiger partial charge in [-0.05, 0) is 0 Å². The summed E-state index contributed by atoms with van der Waals surface area (Å²) in [5, 5.41) is 2.77. The number of halogens is 1. The van der Waals surface area contributed by atoms with Crippen molar-refractivity contribution in [3.8, 4) is 0 Å². The topological polar surface area (TPSA) is 54.9 Å². The number of hydrogen-bond donors (Lipinski definition) is 1. The molecule has 1 saturated heterocycles. The number of nitrogens with one attached hydrogen (secondary N) is 1. The molecule has 0 atom stereocenters. The number of likely N-dealkylation sites (tertiary alicyclic amines) is 1. The monoisotopic (exact) mass is 300 g/mol. The van der Waals surface area contributed by atoms with Crippen LogP contribution < -0.4 is 22.3 Å². The van der Waals surface area contributed by atoms with Crippen molar-refractivity contribution in [3.05, 3.63) is 18.6 Å². The molecule has 2 rings (SSSR count). The molecule has 1 aromatic heterocycles. The summed E-state index contributed by atoms with van der Waals surface area (Å²) in [7, 11) is 2.13. The first-order valence-electron chi connectivity index (χ1n) is 5.57. The van der Waals surface area contributed by atoms with Gasteiger partial charge in [-0.15, -0.1) is 0 Å². The Morgan fingerprint density at radius 1 is 1.41 bits per heavy atom.